The van der Waals surface area contributed by atoms with Crippen molar-refractivity contribution in [3.8, 4) is 0 Å². The molecule has 1 aliphatic heterocycles. The van der Waals surface area contributed by atoms with Gasteiger partial charge in [0.05, 0.1) is 5.52 Å². The number of hydrogen-bond acceptors (Lipinski definition) is 4. The van der Waals surface area contributed by atoms with Gasteiger partial charge in [0.15, 0.2) is 0 Å². The first kappa shape index (κ1) is 14.6. The molecule has 0 bridgehead atoms. The van der Waals surface area contributed by atoms with E-state index in [0.29, 0.717) is 11.4 Å². The van der Waals surface area contributed by atoms with Crippen molar-refractivity contribution in [1.29, 1.82) is 0 Å². The van der Waals surface area contributed by atoms with Gasteiger partial charge in [0.25, 0.3) is 0 Å². The van der Waals surface area contributed by atoms with E-state index in [4.69, 9.17) is 5.11 Å². The summed E-state index contributed by atoms with van der Waals surface area (Å²) in [5.74, 6) is -1.19. The number of carboxylic acid groups (broad SMARTS) is 1. The number of benzene rings is 1. The third-order valence-electron chi connectivity index (χ3n) is 4.14. The molecule has 0 spiro atoms. The Morgan fingerprint density at radius 1 is 1.41 bits per heavy atom. The van der Waals surface area contributed by atoms with Crippen molar-refractivity contribution < 1.29 is 9.90 Å². The van der Waals surface area contributed by atoms with Crippen molar-refractivity contribution >= 4 is 22.6 Å². The second-order valence-corrected chi connectivity index (χ2v) is 5.79. The molecule has 2 heterocycles. The lowest BCUT2D eigenvalue weighted by Crippen LogP contribution is -2.49. The van der Waals surface area contributed by atoms with Crippen molar-refractivity contribution in [2.24, 2.45) is 7.05 Å². The number of rotatable bonds is 2. The first-order valence-corrected chi connectivity index (χ1v) is 7.32. The zero-order valence-electron chi connectivity index (χ0n) is 12.7. The predicted molar refractivity (Wildman–Crippen MR) is 85.8 cm³/mol. The number of anilines is 1. The number of piperazine rings is 1. The zero-order chi connectivity index (χ0) is 15.9. The van der Waals surface area contributed by atoms with E-state index < -0.39 is 11.4 Å². The van der Waals surface area contributed by atoms with E-state index in [2.05, 4.69) is 17.1 Å². The molecule has 6 heteroatoms. The number of hydrogen-bond donors (Lipinski definition) is 2. The molecule has 1 aromatic carbocycles. The van der Waals surface area contributed by atoms with Crippen LogP contribution in [-0.2, 0) is 7.05 Å². The molecule has 116 valence electrons. The highest BCUT2D eigenvalue weighted by molar-refractivity contribution is 5.93. The summed E-state index contributed by atoms with van der Waals surface area (Å²) in [6.45, 7) is 4.89. The Kier molecular flexibility index (Phi) is 3.62. The van der Waals surface area contributed by atoms with Gasteiger partial charge in [-0.15, -0.1) is 0 Å². The van der Waals surface area contributed by atoms with Gasteiger partial charge in [0.2, 0.25) is 5.43 Å². The van der Waals surface area contributed by atoms with Crippen LogP contribution in [0.15, 0.2) is 29.2 Å². The lowest BCUT2D eigenvalue weighted by atomic mass is 10.1. The van der Waals surface area contributed by atoms with E-state index in [-0.39, 0.29) is 5.56 Å². The van der Waals surface area contributed by atoms with Gasteiger partial charge < -0.3 is 19.9 Å². The van der Waals surface area contributed by atoms with Gasteiger partial charge in [0.1, 0.15) is 5.56 Å². The molecule has 1 saturated heterocycles. The molecule has 0 radical (unpaired) electrons. The largest absolute Gasteiger partial charge is 0.477 e. The molecule has 1 aromatic heterocycles. The summed E-state index contributed by atoms with van der Waals surface area (Å²) in [7, 11) is 1.76. The Bertz CT molecular complexity index is 797. The second-order valence-electron chi connectivity index (χ2n) is 5.79. The van der Waals surface area contributed by atoms with Gasteiger partial charge in [0, 0.05) is 50.0 Å². The zero-order valence-corrected chi connectivity index (χ0v) is 12.7. The quantitative estimate of drug-likeness (QED) is 0.867. The fourth-order valence-electron chi connectivity index (χ4n) is 2.99. The van der Waals surface area contributed by atoms with Crippen LogP contribution in [0.5, 0.6) is 0 Å². The minimum Gasteiger partial charge on any atom is -0.477 e. The maximum atomic E-state index is 12.2. The lowest BCUT2D eigenvalue weighted by Gasteiger charge is -2.33. The number of aromatic nitrogens is 1. The van der Waals surface area contributed by atoms with Crippen molar-refractivity contribution in [3.63, 3.8) is 0 Å². The Labute approximate surface area is 128 Å². The summed E-state index contributed by atoms with van der Waals surface area (Å²) in [6, 6.07) is 6.00. The van der Waals surface area contributed by atoms with Crippen LogP contribution in [0.1, 0.15) is 17.3 Å². The minimum atomic E-state index is -1.19. The molecule has 1 atom stereocenters. The van der Waals surface area contributed by atoms with Crippen molar-refractivity contribution in [2.75, 3.05) is 24.5 Å². The van der Waals surface area contributed by atoms with Crippen LogP contribution in [-0.4, -0.2) is 41.3 Å². The van der Waals surface area contributed by atoms with E-state index in [1.54, 1.807) is 17.7 Å². The molecule has 2 N–H and O–H groups in total. The van der Waals surface area contributed by atoms with Crippen molar-refractivity contribution in [1.82, 2.24) is 9.88 Å². The molecule has 1 unspecified atom stereocenters. The molecule has 1 fully saturated rings. The molecular formula is C16H19N3O3. The molecule has 6 nitrogen and oxygen atoms in total. The van der Waals surface area contributed by atoms with Gasteiger partial charge in [-0.05, 0) is 25.1 Å². The van der Waals surface area contributed by atoms with Gasteiger partial charge >= 0.3 is 5.97 Å². The van der Waals surface area contributed by atoms with Gasteiger partial charge in [-0.1, -0.05) is 0 Å². The van der Waals surface area contributed by atoms with Crippen LogP contribution in [0.25, 0.3) is 10.9 Å². The molecule has 0 amide bonds. The van der Waals surface area contributed by atoms with E-state index >= 15 is 0 Å². The first-order chi connectivity index (χ1) is 10.5. The molecule has 0 aliphatic carbocycles. The number of nitrogens with zero attached hydrogens (tertiary/aromatic N) is 2. The molecule has 2 aromatic rings. The van der Waals surface area contributed by atoms with E-state index in [1.165, 1.54) is 6.20 Å². The van der Waals surface area contributed by atoms with Crippen LogP contribution in [0.2, 0.25) is 0 Å². The number of carbonyl (C=O) groups is 1. The van der Waals surface area contributed by atoms with Gasteiger partial charge in [-0.3, -0.25) is 4.79 Å². The normalized spacial score (nSPS) is 18.6. The average molecular weight is 301 g/mol. The maximum Gasteiger partial charge on any atom is 0.341 e. The number of pyridine rings is 1. The topological polar surface area (TPSA) is 74.6 Å². The highest BCUT2D eigenvalue weighted by Gasteiger charge is 2.18. The van der Waals surface area contributed by atoms with E-state index in [9.17, 15) is 9.59 Å². The minimum absolute atomic E-state index is 0.196. The standard InChI is InChI=1S/C16H19N3O3/c1-10-8-19(6-5-17-10)11-3-4-12-14(7-11)18(2)9-13(15(12)20)16(21)22/h3-4,7,9-10,17H,5-6,8H2,1-2H3,(H,21,22). The molecular weight excluding hydrogens is 282 g/mol. The number of nitrogens with one attached hydrogen (secondary N) is 1. The van der Waals surface area contributed by atoms with Crippen LogP contribution in [0.3, 0.4) is 0 Å². The summed E-state index contributed by atoms with van der Waals surface area (Å²) >= 11 is 0. The third kappa shape index (κ3) is 2.46. The summed E-state index contributed by atoms with van der Waals surface area (Å²) in [4.78, 5) is 25.7. The van der Waals surface area contributed by atoms with E-state index in [1.807, 2.05) is 12.1 Å². The van der Waals surface area contributed by atoms with Crippen LogP contribution < -0.4 is 15.6 Å². The molecule has 0 saturated carbocycles. The summed E-state index contributed by atoms with van der Waals surface area (Å²) < 4.78 is 1.70. The number of fused-ring (bicyclic) bond motifs is 1. The number of carboxylic acids is 1. The number of aryl methyl sites for hydroxylation is 1. The second kappa shape index (κ2) is 5.46. The number of aromatic carboxylic acids is 1. The monoisotopic (exact) mass is 301 g/mol. The Balaban J connectivity index is 2.11. The maximum absolute atomic E-state index is 12.2. The van der Waals surface area contributed by atoms with Crippen LogP contribution in [0, 0.1) is 0 Å². The van der Waals surface area contributed by atoms with Crippen molar-refractivity contribution in [3.05, 3.63) is 40.2 Å². The average Bonchev–Trinajstić information content (AvgIpc) is 2.50. The van der Waals surface area contributed by atoms with Gasteiger partial charge in [-0.25, -0.2) is 4.79 Å². The van der Waals surface area contributed by atoms with Crippen LogP contribution >= 0.6 is 0 Å². The molecule has 22 heavy (non-hydrogen) atoms. The Hall–Kier alpha value is -2.34. The highest BCUT2D eigenvalue weighted by atomic mass is 16.4. The van der Waals surface area contributed by atoms with Gasteiger partial charge in [-0.2, -0.15) is 0 Å². The summed E-state index contributed by atoms with van der Waals surface area (Å²) in [6.07, 6.45) is 1.39. The summed E-state index contributed by atoms with van der Waals surface area (Å²) in [5, 5.41) is 12.9. The van der Waals surface area contributed by atoms with Crippen LogP contribution in [0.4, 0.5) is 5.69 Å². The molecule has 1 aliphatic rings. The third-order valence-corrected chi connectivity index (χ3v) is 4.14. The fourth-order valence-corrected chi connectivity index (χ4v) is 2.99. The fraction of sp³-hybridized carbons (Fsp3) is 0.375. The van der Waals surface area contributed by atoms with Crippen molar-refractivity contribution in [2.45, 2.75) is 13.0 Å². The lowest BCUT2D eigenvalue weighted by molar-refractivity contribution is 0.0695. The highest BCUT2D eigenvalue weighted by Crippen LogP contribution is 2.21. The predicted octanol–water partition coefficient (Wildman–Crippen LogP) is 1.03. The van der Waals surface area contributed by atoms with E-state index in [0.717, 1.165) is 30.8 Å². The molecule has 3 rings (SSSR count). The smallest absolute Gasteiger partial charge is 0.341 e. The first-order valence-electron chi connectivity index (χ1n) is 7.32. The Morgan fingerprint density at radius 3 is 2.86 bits per heavy atom. The SMILES string of the molecule is CC1CN(c2ccc3c(=O)c(C(=O)O)cn(C)c3c2)CCN1. The Morgan fingerprint density at radius 2 is 2.18 bits per heavy atom. The summed E-state index contributed by atoms with van der Waals surface area (Å²) in [5.41, 5.74) is 1.18.